The first-order valence-corrected chi connectivity index (χ1v) is 13.3. The third-order valence-electron chi connectivity index (χ3n) is 5.97. The van der Waals surface area contributed by atoms with E-state index in [0.29, 0.717) is 24.0 Å². The quantitative estimate of drug-likeness (QED) is 0.155. The van der Waals surface area contributed by atoms with Gasteiger partial charge in [0.1, 0.15) is 11.5 Å². The van der Waals surface area contributed by atoms with Crippen molar-refractivity contribution in [1.29, 1.82) is 0 Å². The maximum Gasteiger partial charge on any atom is 0.418 e. The molecule has 4 rings (SSSR count). The molecule has 8 heteroatoms. The molecule has 0 N–H and O–H groups in total. The zero-order valence-corrected chi connectivity index (χ0v) is 22.5. The van der Waals surface area contributed by atoms with E-state index in [4.69, 9.17) is 9.47 Å². The lowest BCUT2D eigenvalue weighted by molar-refractivity contribution is -0.137. The Morgan fingerprint density at radius 1 is 0.692 bits per heavy atom. The number of hydrogen-bond acceptors (Lipinski definition) is 4. The van der Waals surface area contributed by atoms with E-state index in [0.717, 1.165) is 34.3 Å². The Bertz CT molecular complexity index is 1310. The molecule has 0 saturated heterocycles. The van der Waals surface area contributed by atoms with E-state index in [1.807, 2.05) is 83.8 Å². The lowest BCUT2D eigenvalue weighted by atomic mass is 10.1. The molecular formula is C31H29F3N2O2S. The Kier molecular flexibility index (Phi) is 9.54. The van der Waals surface area contributed by atoms with E-state index in [-0.39, 0.29) is 5.69 Å². The maximum absolute atomic E-state index is 13.9. The minimum absolute atomic E-state index is 0.116. The Morgan fingerprint density at radius 3 is 1.72 bits per heavy atom. The Labute approximate surface area is 231 Å². The van der Waals surface area contributed by atoms with Crippen molar-refractivity contribution in [1.82, 2.24) is 4.90 Å². The molecule has 0 spiro atoms. The normalized spacial score (nSPS) is 11.8. The molecule has 0 fully saturated rings. The standard InChI is InChI=1S/C31H29F3N2O2S/c1-37-26-16-12-23(13-17-26)20-36(21-24-14-18-27(38-2)19-15-24)30(39-22-25-8-4-3-5-9-25)35-29-11-7-6-10-28(29)31(32,33)34/h3-19H,20-22H2,1-2H3. The summed E-state index contributed by atoms with van der Waals surface area (Å²) in [6.07, 6.45) is -4.52. The number of para-hydroxylation sites is 1. The topological polar surface area (TPSA) is 34.1 Å². The molecule has 0 aliphatic heterocycles. The van der Waals surface area contributed by atoms with E-state index in [1.165, 1.54) is 23.9 Å². The van der Waals surface area contributed by atoms with Gasteiger partial charge >= 0.3 is 6.18 Å². The van der Waals surface area contributed by atoms with E-state index < -0.39 is 11.7 Å². The van der Waals surface area contributed by atoms with Crippen LogP contribution >= 0.6 is 11.8 Å². The summed E-state index contributed by atoms with van der Waals surface area (Å²) in [5.74, 6) is 2.01. The van der Waals surface area contributed by atoms with Crippen LogP contribution in [-0.2, 0) is 25.0 Å². The van der Waals surface area contributed by atoms with E-state index >= 15 is 0 Å². The molecule has 0 bridgehead atoms. The number of thioether (sulfide) groups is 1. The lowest BCUT2D eigenvalue weighted by Crippen LogP contribution is -2.28. The van der Waals surface area contributed by atoms with Gasteiger partial charge < -0.3 is 14.4 Å². The molecule has 0 aromatic heterocycles. The van der Waals surface area contributed by atoms with Crippen molar-refractivity contribution >= 4 is 22.6 Å². The molecule has 39 heavy (non-hydrogen) atoms. The second-order valence-electron chi connectivity index (χ2n) is 8.74. The van der Waals surface area contributed by atoms with Crippen LogP contribution in [0.5, 0.6) is 11.5 Å². The van der Waals surface area contributed by atoms with Crippen LogP contribution in [0.25, 0.3) is 0 Å². The third kappa shape index (κ3) is 8.04. The van der Waals surface area contributed by atoms with Crippen molar-refractivity contribution in [3.63, 3.8) is 0 Å². The summed E-state index contributed by atoms with van der Waals surface area (Å²) in [7, 11) is 3.21. The Balaban J connectivity index is 1.76. The minimum atomic E-state index is -4.52. The van der Waals surface area contributed by atoms with Crippen LogP contribution in [0.2, 0.25) is 0 Å². The first-order valence-electron chi connectivity index (χ1n) is 12.3. The number of aliphatic imine (C=N–C) groups is 1. The molecule has 4 nitrogen and oxygen atoms in total. The monoisotopic (exact) mass is 550 g/mol. The Hall–Kier alpha value is -3.91. The number of alkyl halides is 3. The van der Waals surface area contributed by atoms with Gasteiger partial charge in [-0.1, -0.05) is 78.5 Å². The SMILES string of the molecule is COc1ccc(CN(Cc2ccc(OC)cc2)C(=Nc2ccccc2C(F)(F)F)SCc2ccccc2)cc1. The number of amidine groups is 1. The molecule has 0 amide bonds. The maximum atomic E-state index is 13.9. The highest BCUT2D eigenvalue weighted by molar-refractivity contribution is 8.13. The number of benzene rings is 4. The van der Waals surface area contributed by atoms with Gasteiger partial charge in [0.25, 0.3) is 0 Å². The lowest BCUT2D eigenvalue weighted by Gasteiger charge is -2.27. The minimum Gasteiger partial charge on any atom is -0.497 e. The second kappa shape index (κ2) is 13.2. The molecule has 202 valence electrons. The van der Waals surface area contributed by atoms with Gasteiger partial charge in [0, 0.05) is 18.8 Å². The van der Waals surface area contributed by atoms with E-state index in [1.54, 1.807) is 20.3 Å². The van der Waals surface area contributed by atoms with Gasteiger partial charge in [-0.05, 0) is 53.1 Å². The highest BCUT2D eigenvalue weighted by Crippen LogP contribution is 2.37. The summed E-state index contributed by atoms with van der Waals surface area (Å²) < 4.78 is 52.2. The number of halogens is 3. The molecule has 0 aliphatic rings. The van der Waals surface area contributed by atoms with Gasteiger partial charge in [0.2, 0.25) is 0 Å². The molecular weight excluding hydrogens is 521 g/mol. The van der Waals surface area contributed by atoms with Crippen molar-refractivity contribution in [2.45, 2.75) is 25.0 Å². The van der Waals surface area contributed by atoms with Crippen molar-refractivity contribution in [3.8, 4) is 11.5 Å². The Morgan fingerprint density at radius 2 is 1.21 bits per heavy atom. The third-order valence-corrected chi connectivity index (χ3v) is 7.06. The highest BCUT2D eigenvalue weighted by atomic mass is 32.2. The van der Waals surface area contributed by atoms with Gasteiger partial charge in [-0.15, -0.1) is 0 Å². The summed E-state index contributed by atoms with van der Waals surface area (Å²) >= 11 is 1.41. The number of ether oxygens (including phenoxy) is 2. The average Bonchev–Trinajstić information content (AvgIpc) is 2.96. The van der Waals surface area contributed by atoms with Crippen LogP contribution in [0, 0.1) is 0 Å². The average molecular weight is 551 g/mol. The fraction of sp³-hybridized carbons (Fsp3) is 0.194. The number of methoxy groups -OCH3 is 2. The fourth-order valence-corrected chi connectivity index (χ4v) is 4.89. The molecule has 0 heterocycles. The van der Waals surface area contributed by atoms with Crippen LogP contribution in [0.15, 0.2) is 108 Å². The molecule has 0 radical (unpaired) electrons. The van der Waals surface area contributed by atoms with Gasteiger partial charge in [0.05, 0.1) is 25.5 Å². The molecule has 0 aliphatic carbocycles. The van der Waals surface area contributed by atoms with Crippen molar-refractivity contribution < 1.29 is 22.6 Å². The predicted octanol–water partition coefficient (Wildman–Crippen LogP) is 8.35. The van der Waals surface area contributed by atoms with Crippen LogP contribution in [0.3, 0.4) is 0 Å². The summed E-state index contributed by atoms with van der Waals surface area (Å²) in [6, 6.07) is 30.5. The van der Waals surface area contributed by atoms with Gasteiger partial charge in [-0.2, -0.15) is 13.2 Å². The van der Waals surface area contributed by atoms with Crippen molar-refractivity contribution in [2.75, 3.05) is 14.2 Å². The van der Waals surface area contributed by atoms with Crippen LogP contribution < -0.4 is 9.47 Å². The van der Waals surface area contributed by atoms with E-state index in [2.05, 4.69) is 4.99 Å². The van der Waals surface area contributed by atoms with Crippen LogP contribution in [-0.4, -0.2) is 24.3 Å². The molecule has 0 saturated carbocycles. The van der Waals surface area contributed by atoms with Crippen LogP contribution in [0.4, 0.5) is 18.9 Å². The largest absolute Gasteiger partial charge is 0.497 e. The molecule has 0 atom stereocenters. The second-order valence-corrected chi connectivity index (χ2v) is 9.68. The number of hydrogen-bond donors (Lipinski definition) is 0. The molecule has 4 aromatic carbocycles. The molecule has 4 aromatic rings. The van der Waals surface area contributed by atoms with Gasteiger partial charge in [-0.25, -0.2) is 4.99 Å². The summed E-state index contributed by atoms with van der Waals surface area (Å²) in [6.45, 7) is 0.871. The number of nitrogens with zero attached hydrogens (tertiary/aromatic N) is 2. The fourth-order valence-electron chi connectivity index (χ4n) is 3.92. The van der Waals surface area contributed by atoms with Gasteiger partial charge in [0.15, 0.2) is 5.17 Å². The highest BCUT2D eigenvalue weighted by Gasteiger charge is 2.33. The smallest absolute Gasteiger partial charge is 0.418 e. The van der Waals surface area contributed by atoms with E-state index in [9.17, 15) is 13.2 Å². The zero-order valence-electron chi connectivity index (χ0n) is 21.7. The van der Waals surface area contributed by atoms with Crippen molar-refractivity contribution in [3.05, 3.63) is 125 Å². The summed E-state index contributed by atoms with van der Waals surface area (Å²) in [4.78, 5) is 6.64. The number of rotatable bonds is 9. The summed E-state index contributed by atoms with van der Waals surface area (Å²) in [5, 5.41) is 0.488. The van der Waals surface area contributed by atoms with Crippen LogP contribution in [0.1, 0.15) is 22.3 Å². The molecule has 0 unspecified atom stereocenters. The first-order chi connectivity index (χ1) is 18.9. The van der Waals surface area contributed by atoms with Gasteiger partial charge in [-0.3, -0.25) is 0 Å². The first kappa shape index (κ1) is 28.1. The zero-order chi connectivity index (χ0) is 27.7. The summed E-state index contributed by atoms with van der Waals surface area (Å²) in [5.41, 5.74) is 2.11. The predicted molar refractivity (Wildman–Crippen MR) is 152 cm³/mol. The van der Waals surface area contributed by atoms with Crippen molar-refractivity contribution in [2.24, 2.45) is 4.99 Å².